The van der Waals surface area contributed by atoms with E-state index in [0.29, 0.717) is 13.0 Å². The molecule has 1 N–H and O–H groups in total. The zero-order chi connectivity index (χ0) is 13.8. The Bertz CT molecular complexity index is 465. The molecule has 1 aromatic carbocycles. The highest BCUT2D eigenvalue weighted by Crippen LogP contribution is 2.23. The summed E-state index contributed by atoms with van der Waals surface area (Å²) in [6.45, 7) is 6.06. The van der Waals surface area contributed by atoms with Gasteiger partial charge in [-0.25, -0.2) is 0 Å². The topological polar surface area (TPSA) is 47.6 Å². The number of ether oxygens (including phenoxy) is 2. The second-order valence-corrected chi connectivity index (χ2v) is 4.99. The fourth-order valence-electron chi connectivity index (χ4n) is 2.39. The van der Waals surface area contributed by atoms with Crippen LogP contribution in [-0.4, -0.2) is 38.7 Å². The number of carbonyl (C=O) groups is 1. The number of methoxy groups -OCH3 is 1. The van der Waals surface area contributed by atoms with Crippen LogP contribution in [0.2, 0.25) is 0 Å². The van der Waals surface area contributed by atoms with Gasteiger partial charge in [-0.15, -0.1) is 0 Å². The lowest BCUT2D eigenvalue weighted by molar-refractivity contribution is 0.0675. The zero-order valence-electron chi connectivity index (χ0n) is 11.8. The molecular weight excluding hydrogens is 242 g/mol. The Morgan fingerprint density at radius 2 is 2.21 bits per heavy atom. The lowest BCUT2D eigenvalue weighted by atomic mass is 9.97. The molecule has 4 heteroatoms. The van der Waals surface area contributed by atoms with Crippen LogP contribution in [0.1, 0.15) is 27.9 Å². The van der Waals surface area contributed by atoms with E-state index in [0.717, 1.165) is 35.6 Å². The summed E-state index contributed by atoms with van der Waals surface area (Å²) in [6.07, 6.45) is 0.479. The molecule has 1 aliphatic heterocycles. The molecule has 1 unspecified atom stereocenters. The lowest BCUT2D eigenvalue weighted by Gasteiger charge is -2.23. The first-order valence-corrected chi connectivity index (χ1v) is 6.61. The molecule has 0 bridgehead atoms. The molecule has 1 fully saturated rings. The number of morpholine rings is 1. The van der Waals surface area contributed by atoms with Gasteiger partial charge in [-0.3, -0.25) is 4.79 Å². The van der Waals surface area contributed by atoms with E-state index in [-0.39, 0.29) is 11.8 Å². The Kier molecular flexibility index (Phi) is 4.56. The van der Waals surface area contributed by atoms with Crippen molar-refractivity contribution in [2.75, 3.05) is 26.9 Å². The number of aryl methyl sites for hydroxylation is 2. The summed E-state index contributed by atoms with van der Waals surface area (Å²) in [5, 5.41) is 3.31. The van der Waals surface area contributed by atoms with Crippen molar-refractivity contribution in [3.05, 3.63) is 28.8 Å². The van der Waals surface area contributed by atoms with Crippen LogP contribution in [0.3, 0.4) is 0 Å². The van der Waals surface area contributed by atoms with Crippen LogP contribution in [0.4, 0.5) is 0 Å². The summed E-state index contributed by atoms with van der Waals surface area (Å²) in [4.78, 5) is 12.3. The highest BCUT2D eigenvalue weighted by molar-refractivity contribution is 5.98. The third-order valence-corrected chi connectivity index (χ3v) is 3.47. The van der Waals surface area contributed by atoms with Gasteiger partial charge >= 0.3 is 0 Å². The van der Waals surface area contributed by atoms with Gasteiger partial charge in [0.2, 0.25) is 0 Å². The molecule has 19 heavy (non-hydrogen) atoms. The molecule has 0 spiro atoms. The van der Waals surface area contributed by atoms with Gasteiger partial charge < -0.3 is 14.8 Å². The molecule has 2 rings (SSSR count). The maximum absolute atomic E-state index is 12.3. The van der Waals surface area contributed by atoms with E-state index < -0.39 is 0 Å². The maximum Gasteiger partial charge on any atom is 0.164 e. The van der Waals surface area contributed by atoms with Crippen molar-refractivity contribution in [1.82, 2.24) is 5.32 Å². The Morgan fingerprint density at radius 3 is 2.84 bits per heavy atom. The first kappa shape index (κ1) is 14.0. The molecular formula is C15H21NO3. The van der Waals surface area contributed by atoms with Crippen molar-refractivity contribution in [3.8, 4) is 5.75 Å². The molecule has 1 atom stereocenters. The normalized spacial score (nSPS) is 19.2. The van der Waals surface area contributed by atoms with Gasteiger partial charge in [-0.1, -0.05) is 0 Å². The zero-order valence-corrected chi connectivity index (χ0v) is 11.8. The average Bonchev–Trinajstić information content (AvgIpc) is 2.42. The fourth-order valence-corrected chi connectivity index (χ4v) is 2.39. The lowest BCUT2D eigenvalue weighted by Crippen LogP contribution is -2.42. The first-order valence-electron chi connectivity index (χ1n) is 6.61. The van der Waals surface area contributed by atoms with Crippen molar-refractivity contribution in [3.63, 3.8) is 0 Å². The van der Waals surface area contributed by atoms with Gasteiger partial charge in [0.1, 0.15) is 5.75 Å². The van der Waals surface area contributed by atoms with Gasteiger partial charge in [0.25, 0.3) is 0 Å². The van der Waals surface area contributed by atoms with Gasteiger partial charge in [-0.2, -0.15) is 0 Å². The average molecular weight is 263 g/mol. The van der Waals surface area contributed by atoms with E-state index in [1.807, 2.05) is 26.0 Å². The fraction of sp³-hybridized carbons (Fsp3) is 0.533. The molecule has 1 heterocycles. The van der Waals surface area contributed by atoms with Crippen LogP contribution < -0.4 is 10.1 Å². The molecule has 4 nitrogen and oxygen atoms in total. The molecule has 0 aliphatic carbocycles. The number of carbonyl (C=O) groups excluding carboxylic acids is 1. The minimum Gasteiger partial charge on any atom is -0.496 e. The summed E-state index contributed by atoms with van der Waals surface area (Å²) in [5.74, 6) is 0.986. The number of hydrogen-bond acceptors (Lipinski definition) is 4. The number of rotatable bonds is 4. The van der Waals surface area contributed by atoms with Crippen LogP contribution in [0.15, 0.2) is 12.1 Å². The van der Waals surface area contributed by atoms with Crippen molar-refractivity contribution in [1.29, 1.82) is 0 Å². The van der Waals surface area contributed by atoms with E-state index in [2.05, 4.69) is 5.32 Å². The molecule has 0 aromatic heterocycles. The number of hydrogen-bond donors (Lipinski definition) is 1. The molecule has 1 aromatic rings. The highest BCUT2D eigenvalue weighted by Gasteiger charge is 2.19. The van der Waals surface area contributed by atoms with Crippen molar-refractivity contribution in [2.24, 2.45) is 0 Å². The van der Waals surface area contributed by atoms with Gasteiger partial charge in [-0.05, 0) is 37.1 Å². The Balaban J connectivity index is 2.12. The van der Waals surface area contributed by atoms with Crippen molar-refractivity contribution >= 4 is 5.78 Å². The predicted molar refractivity (Wildman–Crippen MR) is 74.0 cm³/mol. The Labute approximate surface area is 114 Å². The third-order valence-electron chi connectivity index (χ3n) is 3.47. The minimum absolute atomic E-state index is 0.128. The van der Waals surface area contributed by atoms with Gasteiger partial charge in [0.15, 0.2) is 5.78 Å². The van der Waals surface area contributed by atoms with Gasteiger partial charge in [0, 0.05) is 24.6 Å². The quantitative estimate of drug-likeness (QED) is 0.843. The molecule has 0 saturated carbocycles. The first-order chi connectivity index (χ1) is 9.11. The summed E-state index contributed by atoms with van der Waals surface area (Å²) in [7, 11) is 1.65. The number of nitrogens with one attached hydrogen (secondary N) is 1. The second kappa shape index (κ2) is 6.17. The largest absolute Gasteiger partial charge is 0.496 e. The van der Waals surface area contributed by atoms with Crippen LogP contribution in [-0.2, 0) is 4.74 Å². The molecule has 0 amide bonds. The van der Waals surface area contributed by atoms with E-state index in [4.69, 9.17) is 9.47 Å². The number of benzene rings is 1. The SMILES string of the molecule is COc1cc(C)c(C(=O)CC2COCCN2)cc1C. The minimum atomic E-state index is 0.128. The van der Waals surface area contributed by atoms with Crippen LogP contribution in [0.5, 0.6) is 5.75 Å². The van der Waals surface area contributed by atoms with E-state index in [1.54, 1.807) is 7.11 Å². The number of ketones is 1. The third kappa shape index (κ3) is 3.33. The summed E-state index contributed by atoms with van der Waals surface area (Å²) >= 11 is 0. The Hall–Kier alpha value is -1.39. The van der Waals surface area contributed by atoms with Crippen molar-refractivity contribution in [2.45, 2.75) is 26.3 Å². The van der Waals surface area contributed by atoms with Crippen LogP contribution >= 0.6 is 0 Å². The second-order valence-electron chi connectivity index (χ2n) is 4.99. The number of Topliss-reactive ketones (excluding diaryl/α,β-unsaturated/α-hetero) is 1. The standard InChI is InChI=1S/C15H21NO3/c1-10-7-15(18-3)11(2)6-13(10)14(17)8-12-9-19-5-4-16-12/h6-7,12,16H,4-5,8-9H2,1-3H3. The van der Waals surface area contributed by atoms with Crippen LogP contribution in [0, 0.1) is 13.8 Å². The van der Waals surface area contributed by atoms with E-state index >= 15 is 0 Å². The summed E-state index contributed by atoms with van der Waals surface area (Å²) in [6, 6.07) is 3.97. The van der Waals surface area contributed by atoms with Gasteiger partial charge in [0.05, 0.1) is 20.3 Å². The Morgan fingerprint density at radius 1 is 1.42 bits per heavy atom. The summed E-state index contributed by atoms with van der Waals surface area (Å²) in [5.41, 5.74) is 2.74. The van der Waals surface area contributed by atoms with Crippen LogP contribution in [0.25, 0.3) is 0 Å². The van der Waals surface area contributed by atoms with E-state index in [1.165, 1.54) is 0 Å². The molecule has 1 aliphatic rings. The van der Waals surface area contributed by atoms with Crippen molar-refractivity contribution < 1.29 is 14.3 Å². The summed E-state index contributed by atoms with van der Waals surface area (Å²) < 4.78 is 10.6. The predicted octanol–water partition coefficient (Wildman–Crippen LogP) is 1.87. The molecule has 0 radical (unpaired) electrons. The monoisotopic (exact) mass is 263 g/mol. The molecule has 104 valence electrons. The van der Waals surface area contributed by atoms with E-state index in [9.17, 15) is 4.79 Å². The maximum atomic E-state index is 12.3. The highest BCUT2D eigenvalue weighted by atomic mass is 16.5. The smallest absolute Gasteiger partial charge is 0.164 e. The molecule has 1 saturated heterocycles.